The summed E-state index contributed by atoms with van der Waals surface area (Å²) in [7, 11) is 0. The molecule has 2 rings (SSSR count). The second-order valence-electron chi connectivity index (χ2n) is 4.36. The highest BCUT2D eigenvalue weighted by Crippen LogP contribution is 2.19. The topological polar surface area (TPSA) is 54.0 Å². The van der Waals surface area contributed by atoms with Crippen LogP contribution in [-0.4, -0.2) is 17.4 Å². The monoisotopic (exact) mass is 273 g/mol. The SMILES string of the molecule is CCNc1ccncc1C(=O)Nc1ccc(F)cc1C. The van der Waals surface area contributed by atoms with Gasteiger partial charge in [0.1, 0.15) is 5.82 Å². The van der Waals surface area contributed by atoms with Gasteiger partial charge in [-0.1, -0.05) is 0 Å². The van der Waals surface area contributed by atoms with Crippen molar-refractivity contribution in [2.45, 2.75) is 13.8 Å². The Balaban J connectivity index is 2.24. The van der Waals surface area contributed by atoms with Crippen molar-refractivity contribution in [2.75, 3.05) is 17.2 Å². The number of nitrogens with zero attached hydrogens (tertiary/aromatic N) is 1. The van der Waals surface area contributed by atoms with E-state index in [0.717, 1.165) is 5.69 Å². The summed E-state index contributed by atoms with van der Waals surface area (Å²) in [6, 6.07) is 5.99. The third-order valence-corrected chi connectivity index (χ3v) is 2.87. The van der Waals surface area contributed by atoms with Crippen molar-refractivity contribution in [1.29, 1.82) is 0 Å². The summed E-state index contributed by atoms with van der Waals surface area (Å²) in [5.74, 6) is -0.598. The zero-order valence-corrected chi connectivity index (χ0v) is 11.4. The van der Waals surface area contributed by atoms with Crippen molar-refractivity contribution in [2.24, 2.45) is 0 Å². The van der Waals surface area contributed by atoms with Gasteiger partial charge in [0.15, 0.2) is 0 Å². The van der Waals surface area contributed by atoms with Crippen molar-refractivity contribution in [3.8, 4) is 0 Å². The van der Waals surface area contributed by atoms with E-state index in [9.17, 15) is 9.18 Å². The molecule has 5 heteroatoms. The summed E-state index contributed by atoms with van der Waals surface area (Å²) in [6.45, 7) is 4.40. The van der Waals surface area contributed by atoms with Crippen LogP contribution in [0.2, 0.25) is 0 Å². The third-order valence-electron chi connectivity index (χ3n) is 2.87. The molecule has 0 aliphatic rings. The first-order valence-electron chi connectivity index (χ1n) is 6.37. The highest BCUT2D eigenvalue weighted by molar-refractivity contribution is 6.08. The standard InChI is InChI=1S/C15H16FN3O/c1-3-18-14-6-7-17-9-12(14)15(20)19-13-5-4-11(16)8-10(13)2/h4-9H,3H2,1-2H3,(H,17,18)(H,19,20). The van der Waals surface area contributed by atoms with E-state index < -0.39 is 0 Å². The fourth-order valence-corrected chi connectivity index (χ4v) is 1.88. The second kappa shape index (κ2) is 6.14. The number of benzene rings is 1. The summed E-state index contributed by atoms with van der Waals surface area (Å²) < 4.78 is 13.0. The molecule has 1 aromatic carbocycles. The quantitative estimate of drug-likeness (QED) is 0.899. The number of anilines is 2. The normalized spacial score (nSPS) is 10.2. The Bertz CT molecular complexity index is 628. The Kier molecular flexibility index (Phi) is 4.30. The number of carbonyl (C=O) groups is 1. The fraction of sp³-hybridized carbons (Fsp3) is 0.200. The summed E-state index contributed by atoms with van der Waals surface area (Å²) in [4.78, 5) is 16.2. The number of aryl methyl sites for hydroxylation is 1. The molecule has 0 fully saturated rings. The molecular formula is C15H16FN3O. The van der Waals surface area contributed by atoms with E-state index in [-0.39, 0.29) is 11.7 Å². The number of aromatic nitrogens is 1. The van der Waals surface area contributed by atoms with Crippen molar-refractivity contribution >= 4 is 17.3 Å². The summed E-state index contributed by atoms with van der Waals surface area (Å²) >= 11 is 0. The zero-order valence-electron chi connectivity index (χ0n) is 11.4. The molecular weight excluding hydrogens is 257 g/mol. The lowest BCUT2D eigenvalue weighted by molar-refractivity contribution is 0.102. The molecule has 104 valence electrons. The Morgan fingerprint density at radius 1 is 1.30 bits per heavy atom. The van der Waals surface area contributed by atoms with Gasteiger partial charge in [-0.15, -0.1) is 0 Å². The van der Waals surface area contributed by atoms with Gasteiger partial charge in [0.05, 0.1) is 11.3 Å². The molecule has 0 aliphatic heterocycles. The van der Waals surface area contributed by atoms with E-state index in [2.05, 4.69) is 15.6 Å². The van der Waals surface area contributed by atoms with Gasteiger partial charge in [0.2, 0.25) is 0 Å². The highest BCUT2D eigenvalue weighted by atomic mass is 19.1. The van der Waals surface area contributed by atoms with Crippen LogP contribution in [0.15, 0.2) is 36.7 Å². The summed E-state index contributed by atoms with van der Waals surface area (Å²) in [5, 5.41) is 5.87. The minimum atomic E-state index is -0.324. The fourth-order valence-electron chi connectivity index (χ4n) is 1.88. The van der Waals surface area contributed by atoms with Gasteiger partial charge in [-0.25, -0.2) is 4.39 Å². The number of pyridine rings is 1. The Morgan fingerprint density at radius 2 is 2.10 bits per heavy atom. The largest absolute Gasteiger partial charge is 0.385 e. The Hall–Kier alpha value is -2.43. The maximum Gasteiger partial charge on any atom is 0.259 e. The maximum absolute atomic E-state index is 13.0. The number of carbonyl (C=O) groups excluding carboxylic acids is 1. The predicted octanol–water partition coefficient (Wildman–Crippen LogP) is 3.21. The Labute approximate surface area is 117 Å². The van der Waals surface area contributed by atoms with Crippen LogP contribution in [-0.2, 0) is 0 Å². The first kappa shape index (κ1) is 14.0. The van der Waals surface area contributed by atoms with Crippen LogP contribution < -0.4 is 10.6 Å². The molecule has 1 amide bonds. The first-order valence-corrected chi connectivity index (χ1v) is 6.37. The molecule has 20 heavy (non-hydrogen) atoms. The molecule has 2 aromatic rings. The molecule has 1 aromatic heterocycles. The number of hydrogen-bond donors (Lipinski definition) is 2. The minimum absolute atomic E-state index is 0.274. The van der Waals surface area contributed by atoms with Gasteiger partial charge in [-0.05, 0) is 43.7 Å². The zero-order chi connectivity index (χ0) is 14.5. The molecule has 0 saturated carbocycles. The molecule has 0 saturated heterocycles. The lowest BCUT2D eigenvalue weighted by Crippen LogP contribution is -2.15. The smallest absolute Gasteiger partial charge is 0.259 e. The molecule has 0 spiro atoms. The number of rotatable bonds is 4. The molecule has 0 unspecified atom stereocenters. The summed E-state index contributed by atoms with van der Waals surface area (Å²) in [6.07, 6.45) is 3.13. The molecule has 0 atom stereocenters. The van der Waals surface area contributed by atoms with Gasteiger partial charge in [0, 0.05) is 24.6 Å². The van der Waals surface area contributed by atoms with Crippen molar-refractivity contribution in [3.05, 3.63) is 53.6 Å². The van der Waals surface area contributed by atoms with E-state index in [4.69, 9.17) is 0 Å². The Morgan fingerprint density at radius 3 is 2.80 bits per heavy atom. The number of halogens is 1. The van der Waals surface area contributed by atoms with Crippen LogP contribution in [0.4, 0.5) is 15.8 Å². The minimum Gasteiger partial charge on any atom is -0.385 e. The molecule has 1 heterocycles. The highest BCUT2D eigenvalue weighted by Gasteiger charge is 2.12. The van der Waals surface area contributed by atoms with Gasteiger partial charge in [0.25, 0.3) is 5.91 Å². The van der Waals surface area contributed by atoms with Gasteiger partial charge < -0.3 is 10.6 Å². The van der Waals surface area contributed by atoms with E-state index in [1.165, 1.54) is 18.3 Å². The molecule has 2 N–H and O–H groups in total. The van der Waals surface area contributed by atoms with E-state index in [0.29, 0.717) is 23.4 Å². The third kappa shape index (κ3) is 3.12. The van der Waals surface area contributed by atoms with E-state index >= 15 is 0 Å². The average Bonchev–Trinajstić information content (AvgIpc) is 2.43. The van der Waals surface area contributed by atoms with Crippen LogP contribution in [0.5, 0.6) is 0 Å². The van der Waals surface area contributed by atoms with Crippen LogP contribution in [0.1, 0.15) is 22.8 Å². The van der Waals surface area contributed by atoms with Crippen molar-refractivity contribution in [1.82, 2.24) is 4.98 Å². The predicted molar refractivity (Wildman–Crippen MR) is 77.5 cm³/mol. The average molecular weight is 273 g/mol. The summed E-state index contributed by atoms with van der Waals surface area (Å²) in [5.41, 5.74) is 2.44. The number of hydrogen-bond acceptors (Lipinski definition) is 3. The van der Waals surface area contributed by atoms with E-state index in [1.54, 1.807) is 25.3 Å². The van der Waals surface area contributed by atoms with Crippen molar-refractivity contribution < 1.29 is 9.18 Å². The maximum atomic E-state index is 13.0. The van der Waals surface area contributed by atoms with Crippen LogP contribution in [0.3, 0.4) is 0 Å². The lowest BCUT2D eigenvalue weighted by Gasteiger charge is -2.12. The second-order valence-corrected chi connectivity index (χ2v) is 4.36. The first-order chi connectivity index (χ1) is 9.61. The molecule has 0 aliphatic carbocycles. The number of amides is 1. The molecule has 4 nitrogen and oxygen atoms in total. The lowest BCUT2D eigenvalue weighted by atomic mass is 10.1. The van der Waals surface area contributed by atoms with Gasteiger partial charge in [-0.2, -0.15) is 0 Å². The molecule has 0 bridgehead atoms. The van der Waals surface area contributed by atoms with Crippen LogP contribution in [0, 0.1) is 12.7 Å². The van der Waals surface area contributed by atoms with E-state index in [1.807, 2.05) is 6.92 Å². The number of nitrogens with one attached hydrogen (secondary N) is 2. The van der Waals surface area contributed by atoms with Crippen molar-refractivity contribution in [3.63, 3.8) is 0 Å². The van der Waals surface area contributed by atoms with Gasteiger partial charge in [-0.3, -0.25) is 9.78 Å². The van der Waals surface area contributed by atoms with Crippen LogP contribution >= 0.6 is 0 Å². The molecule has 0 radical (unpaired) electrons. The van der Waals surface area contributed by atoms with Crippen LogP contribution in [0.25, 0.3) is 0 Å². The van der Waals surface area contributed by atoms with Gasteiger partial charge >= 0.3 is 0 Å².